The van der Waals surface area contributed by atoms with Crippen molar-refractivity contribution >= 4 is 11.6 Å². The van der Waals surface area contributed by atoms with E-state index in [-0.39, 0.29) is 5.91 Å². The molecular formula is C25H23N3O3. The number of hydrogen-bond donors (Lipinski definition) is 1. The van der Waals surface area contributed by atoms with Crippen LogP contribution in [0, 0.1) is 6.92 Å². The molecular weight excluding hydrogens is 390 g/mol. The molecule has 0 aliphatic rings. The first-order valence-corrected chi connectivity index (χ1v) is 10.2. The van der Waals surface area contributed by atoms with Gasteiger partial charge in [-0.05, 0) is 55.3 Å². The van der Waals surface area contributed by atoms with Crippen molar-refractivity contribution in [1.29, 1.82) is 0 Å². The average Bonchev–Trinajstić information content (AvgIpc) is 3.28. The molecule has 156 valence electrons. The van der Waals surface area contributed by atoms with Crippen molar-refractivity contribution in [2.75, 3.05) is 5.32 Å². The fourth-order valence-corrected chi connectivity index (χ4v) is 3.20. The lowest BCUT2D eigenvalue weighted by atomic mass is 10.1. The van der Waals surface area contributed by atoms with Crippen LogP contribution in [0.2, 0.25) is 0 Å². The zero-order chi connectivity index (χ0) is 21.6. The van der Waals surface area contributed by atoms with Gasteiger partial charge in [0, 0.05) is 11.3 Å². The third kappa shape index (κ3) is 4.80. The number of rotatable bonds is 7. The van der Waals surface area contributed by atoms with E-state index in [0.717, 1.165) is 16.8 Å². The van der Waals surface area contributed by atoms with Crippen LogP contribution in [0.3, 0.4) is 0 Å². The second-order valence-electron chi connectivity index (χ2n) is 7.15. The maximum atomic E-state index is 12.8. The lowest BCUT2D eigenvalue weighted by molar-refractivity contribution is -0.122. The van der Waals surface area contributed by atoms with Gasteiger partial charge in [-0.25, -0.2) is 0 Å². The fourth-order valence-electron chi connectivity index (χ4n) is 3.20. The van der Waals surface area contributed by atoms with Gasteiger partial charge in [-0.2, -0.15) is 0 Å². The van der Waals surface area contributed by atoms with Crippen LogP contribution in [-0.4, -0.2) is 22.2 Å². The van der Waals surface area contributed by atoms with Gasteiger partial charge in [0.15, 0.2) is 6.10 Å². The summed E-state index contributed by atoms with van der Waals surface area (Å²) < 4.78 is 12.0. The first-order chi connectivity index (χ1) is 15.1. The number of benzene rings is 3. The summed E-state index contributed by atoms with van der Waals surface area (Å²) in [6.07, 6.45) is -0.163. The Labute approximate surface area is 180 Å². The van der Waals surface area contributed by atoms with E-state index in [9.17, 15) is 4.79 Å². The highest BCUT2D eigenvalue weighted by molar-refractivity contribution is 5.94. The van der Waals surface area contributed by atoms with Gasteiger partial charge in [-0.15, -0.1) is 10.2 Å². The molecule has 4 rings (SSSR count). The van der Waals surface area contributed by atoms with Gasteiger partial charge in [-0.1, -0.05) is 49.4 Å². The zero-order valence-corrected chi connectivity index (χ0v) is 17.4. The Morgan fingerprint density at radius 2 is 1.71 bits per heavy atom. The van der Waals surface area contributed by atoms with Crippen LogP contribution in [0.1, 0.15) is 18.9 Å². The summed E-state index contributed by atoms with van der Waals surface area (Å²) in [5.74, 6) is 1.06. The standard InChI is InChI=1S/C25H23N3O3/c1-3-21(23(29)26-19-13-9-10-17(2)16-19)30-22-15-8-7-14-20(22)25-28-27-24(31-25)18-11-5-4-6-12-18/h4-16,21H,3H2,1-2H3,(H,26,29)/t21-/m0/s1. The molecule has 0 saturated carbocycles. The molecule has 4 aromatic rings. The number of amides is 1. The summed E-state index contributed by atoms with van der Waals surface area (Å²) in [4.78, 5) is 12.8. The molecule has 1 aromatic heterocycles. The molecule has 1 heterocycles. The molecule has 0 saturated heterocycles. The zero-order valence-electron chi connectivity index (χ0n) is 17.4. The largest absolute Gasteiger partial charge is 0.480 e. The van der Waals surface area contributed by atoms with Crippen molar-refractivity contribution in [2.45, 2.75) is 26.4 Å². The third-order valence-corrected chi connectivity index (χ3v) is 4.78. The minimum absolute atomic E-state index is 0.210. The maximum Gasteiger partial charge on any atom is 0.265 e. The summed E-state index contributed by atoms with van der Waals surface area (Å²) in [6.45, 7) is 3.89. The Hall–Kier alpha value is -3.93. The van der Waals surface area contributed by atoms with Crippen molar-refractivity contribution in [1.82, 2.24) is 10.2 Å². The molecule has 3 aromatic carbocycles. The summed E-state index contributed by atoms with van der Waals surface area (Å²) in [6, 6.07) is 24.6. The number of aryl methyl sites for hydroxylation is 1. The normalized spacial score (nSPS) is 11.7. The van der Waals surface area contributed by atoms with E-state index in [2.05, 4.69) is 15.5 Å². The third-order valence-electron chi connectivity index (χ3n) is 4.78. The van der Waals surface area contributed by atoms with E-state index in [1.54, 1.807) is 6.07 Å². The quantitative estimate of drug-likeness (QED) is 0.432. The number of carbonyl (C=O) groups excluding carboxylic acids is 1. The molecule has 0 aliphatic carbocycles. The number of anilines is 1. The molecule has 6 nitrogen and oxygen atoms in total. The van der Waals surface area contributed by atoms with Crippen LogP contribution in [0.5, 0.6) is 5.75 Å². The highest BCUT2D eigenvalue weighted by Crippen LogP contribution is 2.32. The van der Waals surface area contributed by atoms with Crippen LogP contribution in [0.15, 0.2) is 83.3 Å². The van der Waals surface area contributed by atoms with E-state index < -0.39 is 6.10 Å². The van der Waals surface area contributed by atoms with Crippen molar-refractivity contribution in [3.63, 3.8) is 0 Å². The Balaban J connectivity index is 1.55. The van der Waals surface area contributed by atoms with Crippen molar-refractivity contribution < 1.29 is 13.9 Å². The molecule has 0 radical (unpaired) electrons. The Bertz CT molecular complexity index is 1170. The number of hydrogen-bond acceptors (Lipinski definition) is 5. The Morgan fingerprint density at radius 1 is 0.968 bits per heavy atom. The minimum Gasteiger partial charge on any atom is -0.480 e. The lowest BCUT2D eigenvalue weighted by Gasteiger charge is -2.18. The number of para-hydroxylation sites is 1. The first kappa shape index (κ1) is 20.3. The van der Waals surface area contributed by atoms with E-state index in [1.165, 1.54) is 0 Å². The van der Waals surface area contributed by atoms with Gasteiger partial charge in [0.1, 0.15) is 5.75 Å². The molecule has 1 N–H and O–H groups in total. The summed E-state index contributed by atoms with van der Waals surface area (Å²) >= 11 is 0. The number of nitrogens with zero attached hydrogens (tertiary/aromatic N) is 2. The molecule has 6 heteroatoms. The van der Waals surface area contributed by atoms with Crippen molar-refractivity contribution in [3.05, 3.63) is 84.4 Å². The lowest BCUT2D eigenvalue weighted by Crippen LogP contribution is -2.32. The van der Waals surface area contributed by atoms with E-state index in [1.807, 2.05) is 86.6 Å². The first-order valence-electron chi connectivity index (χ1n) is 10.2. The van der Waals surface area contributed by atoms with Crippen LogP contribution in [0.4, 0.5) is 5.69 Å². The highest BCUT2D eigenvalue weighted by atomic mass is 16.5. The van der Waals surface area contributed by atoms with Gasteiger partial charge >= 0.3 is 0 Å². The Morgan fingerprint density at radius 3 is 2.48 bits per heavy atom. The molecule has 1 amide bonds. The van der Waals surface area contributed by atoms with Gasteiger partial charge < -0.3 is 14.5 Å². The van der Waals surface area contributed by atoms with E-state index >= 15 is 0 Å². The fraction of sp³-hybridized carbons (Fsp3) is 0.160. The van der Waals surface area contributed by atoms with Crippen LogP contribution in [0.25, 0.3) is 22.9 Å². The predicted octanol–water partition coefficient (Wildman–Crippen LogP) is 5.51. The molecule has 0 fully saturated rings. The van der Waals surface area contributed by atoms with E-state index in [4.69, 9.17) is 9.15 Å². The average molecular weight is 413 g/mol. The molecule has 0 bridgehead atoms. The van der Waals surface area contributed by atoms with Gasteiger partial charge in [0.2, 0.25) is 5.89 Å². The molecule has 0 unspecified atom stereocenters. The van der Waals surface area contributed by atoms with Gasteiger partial charge in [-0.3, -0.25) is 4.79 Å². The van der Waals surface area contributed by atoms with Crippen LogP contribution in [-0.2, 0) is 4.79 Å². The summed E-state index contributed by atoms with van der Waals surface area (Å²) in [7, 11) is 0. The summed E-state index contributed by atoms with van der Waals surface area (Å²) in [5, 5.41) is 11.3. The minimum atomic E-state index is -0.668. The molecule has 31 heavy (non-hydrogen) atoms. The van der Waals surface area contributed by atoms with E-state index in [0.29, 0.717) is 29.5 Å². The van der Waals surface area contributed by atoms with Crippen molar-refractivity contribution in [3.8, 4) is 28.7 Å². The number of aromatic nitrogens is 2. The Kier molecular flexibility index (Phi) is 6.08. The highest BCUT2D eigenvalue weighted by Gasteiger charge is 2.22. The second kappa shape index (κ2) is 9.26. The predicted molar refractivity (Wildman–Crippen MR) is 120 cm³/mol. The monoisotopic (exact) mass is 413 g/mol. The smallest absolute Gasteiger partial charge is 0.265 e. The second-order valence-corrected chi connectivity index (χ2v) is 7.15. The number of nitrogens with one attached hydrogen (secondary N) is 1. The molecule has 0 aliphatic heterocycles. The molecule has 1 atom stereocenters. The summed E-state index contributed by atoms with van der Waals surface area (Å²) in [5.41, 5.74) is 3.29. The van der Waals surface area contributed by atoms with Crippen LogP contribution < -0.4 is 10.1 Å². The van der Waals surface area contributed by atoms with Gasteiger partial charge in [0.25, 0.3) is 11.8 Å². The topological polar surface area (TPSA) is 77.2 Å². The molecule has 0 spiro atoms. The van der Waals surface area contributed by atoms with Crippen LogP contribution >= 0.6 is 0 Å². The maximum absolute atomic E-state index is 12.8. The number of ether oxygens (including phenoxy) is 1. The van der Waals surface area contributed by atoms with Crippen molar-refractivity contribution in [2.24, 2.45) is 0 Å². The van der Waals surface area contributed by atoms with Gasteiger partial charge in [0.05, 0.1) is 5.56 Å². The SMILES string of the molecule is CC[C@H](Oc1ccccc1-c1nnc(-c2ccccc2)o1)C(=O)Nc1cccc(C)c1. The number of carbonyl (C=O) groups is 1.